The number of aromatic nitrogens is 2. The molecule has 0 saturated carbocycles. The van der Waals surface area contributed by atoms with E-state index in [1.807, 2.05) is 24.3 Å². The molecule has 60 heavy (non-hydrogen) atoms. The SMILES string of the molecule is O=C(O)C(=O)O.OC1(c2ccc(Cl)c(Cl)c2)C[C@H]2CC[C@@H](C1)N2Cc1c[nH]c2ccccc12.OC1(c2ccc(Cl)c(Cl)c2)C[C@H]2CC[C@@H](C1)N2Cc1c[nH]c2ccccc12. The predicted octanol–water partition coefficient (Wildman–Crippen LogP) is 10.1. The molecular formula is C46H46Cl4N4O6. The van der Waals surface area contributed by atoms with E-state index in [1.165, 1.54) is 32.9 Å². The number of carbonyl (C=O) groups is 2. The largest absolute Gasteiger partial charge is 0.473 e. The molecule has 0 radical (unpaired) electrons. The van der Waals surface area contributed by atoms with Gasteiger partial charge in [-0.15, -0.1) is 0 Å². The molecule has 4 bridgehead atoms. The molecule has 6 aromatic rings. The Balaban J connectivity index is 0.000000147. The minimum Gasteiger partial charge on any atom is -0.473 e. The second kappa shape index (κ2) is 17.3. The summed E-state index contributed by atoms with van der Waals surface area (Å²) in [6.45, 7) is 1.85. The van der Waals surface area contributed by atoms with Crippen molar-refractivity contribution in [1.82, 2.24) is 19.8 Å². The summed E-state index contributed by atoms with van der Waals surface area (Å²) in [4.78, 5) is 30.1. The Labute approximate surface area is 367 Å². The number of para-hydroxylation sites is 2. The second-order valence-corrected chi connectivity index (χ2v) is 18.2. The monoisotopic (exact) mass is 890 g/mol. The second-order valence-electron chi connectivity index (χ2n) is 16.6. The highest BCUT2D eigenvalue weighted by Gasteiger charge is 2.49. The van der Waals surface area contributed by atoms with Crippen LogP contribution in [0.15, 0.2) is 97.3 Å². The maximum absolute atomic E-state index is 11.4. The van der Waals surface area contributed by atoms with Crippen molar-refractivity contribution >= 4 is 80.1 Å². The van der Waals surface area contributed by atoms with Crippen LogP contribution in [0.2, 0.25) is 20.1 Å². The minimum absolute atomic E-state index is 0.386. The smallest absolute Gasteiger partial charge is 0.414 e. The molecule has 0 amide bonds. The lowest BCUT2D eigenvalue weighted by Crippen LogP contribution is -2.49. The lowest BCUT2D eigenvalue weighted by atomic mass is 9.80. The van der Waals surface area contributed by atoms with Crippen LogP contribution in [0.1, 0.15) is 73.6 Å². The van der Waals surface area contributed by atoms with Gasteiger partial charge in [-0.3, -0.25) is 9.80 Å². The van der Waals surface area contributed by atoms with Gasteiger partial charge in [0.25, 0.3) is 0 Å². The average Bonchev–Trinajstić information content (AvgIpc) is 3.96. The Kier molecular flexibility index (Phi) is 12.3. The lowest BCUT2D eigenvalue weighted by molar-refractivity contribution is -0.159. The van der Waals surface area contributed by atoms with Crippen LogP contribution in [0.5, 0.6) is 0 Å². The number of hydrogen-bond acceptors (Lipinski definition) is 6. The number of halogens is 4. The van der Waals surface area contributed by atoms with Gasteiger partial charge < -0.3 is 30.4 Å². The van der Waals surface area contributed by atoms with Gasteiger partial charge in [-0.25, -0.2) is 9.59 Å². The molecule has 6 atom stereocenters. The van der Waals surface area contributed by atoms with Crippen LogP contribution in [0.4, 0.5) is 0 Å². The van der Waals surface area contributed by atoms with Gasteiger partial charge in [0.1, 0.15) is 0 Å². The first-order valence-electron chi connectivity index (χ1n) is 20.1. The molecule has 4 aromatic carbocycles. The summed E-state index contributed by atoms with van der Waals surface area (Å²) in [6.07, 6.45) is 11.8. The van der Waals surface area contributed by atoms with Crippen LogP contribution in [-0.4, -0.2) is 76.3 Å². The summed E-state index contributed by atoms with van der Waals surface area (Å²) in [5.41, 5.74) is 5.17. The molecule has 4 aliphatic rings. The fourth-order valence-electron chi connectivity index (χ4n) is 10.1. The molecule has 0 spiro atoms. The fourth-order valence-corrected chi connectivity index (χ4v) is 10.7. The van der Waals surface area contributed by atoms with Crippen molar-refractivity contribution in [3.63, 3.8) is 0 Å². The molecule has 4 fully saturated rings. The maximum atomic E-state index is 11.4. The molecule has 6 N–H and O–H groups in total. The van der Waals surface area contributed by atoms with E-state index in [1.54, 1.807) is 12.1 Å². The molecule has 2 unspecified atom stereocenters. The number of piperidine rings is 2. The average molecular weight is 893 g/mol. The predicted molar refractivity (Wildman–Crippen MR) is 236 cm³/mol. The van der Waals surface area contributed by atoms with Crippen LogP contribution in [0.3, 0.4) is 0 Å². The maximum Gasteiger partial charge on any atom is 0.414 e. The summed E-state index contributed by atoms with van der Waals surface area (Å²) in [5, 5.41) is 42.3. The van der Waals surface area contributed by atoms with Crippen LogP contribution < -0.4 is 0 Å². The molecule has 10 rings (SSSR count). The number of benzene rings is 4. The number of fused-ring (bicyclic) bond motifs is 6. The molecular weight excluding hydrogens is 846 g/mol. The van der Waals surface area contributed by atoms with Crippen molar-refractivity contribution in [3.8, 4) is 0 Å². The van der Waals surface area contributed by atoms with Crippen LogP contribution >= 0.6 is 46.4 Å². The standard InChI is InChI=1S/2C22H22Cl2N2O.C2H2O4/c2*23-19-8-5-15(9-20(19)24)22(27)10-16-6-7-17(11-22)26(16)13-14-12-25-21-4-2-1-3-18(14)21;3-1(4)2(5)6/h2*1-5,8-9,12,16-17,25,27H,6-7,10-11,13H2;(H,3,4)(H,5,6)/t2*16-,17+,22?;. The van der Waals surface area contributed by atoms with E-state index in [0.717, 1.165) is 75.6 Å². The number of aromatic amines is 2. The first kappa shape index (κ1) is 42.6. The van der Waals surface area contributed by atoms with Gasteiger partial charge in [0.15, 0.2) is 0 Å². The van der Waals surface area contributed by atoms with Crippen molar-refractivity contribution in [2.75, 3.05) is 0 Å². The van der Waals surface area contributed by atoms with E-state index in [-0.39, 0.29) is 0 Å². The number of rotatable bonds is 6. The van der Waals surface area contributed by atoms with Gasteiger partial charge in [-0.2, -0.15) is 0 Å². The summed E-state index contributed by atoms with van der Waals surface area (Å²) in [7, 11) is 0. The Hall–Kier alpha value is -4.10. The molecule has 314 valence electrons. The van der Waals surface area contributed by atoms with E-state index in [9.17, 15) is 10.2 Å². The Morgan fingerprint density at radius 3 is 1.23 bits per heavy atom. The van der Waals surface area contributed by atoms with Gasteiger partial charge in [0.05, 0.1) is 31.3 Å². The minimum atomic E-state index is -1.82. The topological polar surface area (TPSA) is 153 Å². The first-order chi connectivity index (χ1) is 28.7. The summed E-state index contributed by atoms with van der Waals surface area (Å²) in [6, 6.07) is 29.5. The third kappa shape index (κ3) is 8.67. The molecule has 4 saturated heterocycles. The summed E-state index contributed by atoms with van der Waals surface area (Å²) >= 11 is 24.5. The van der Waals surface area contributed by atoms with Crippen LogP contribution in [0.25, 0.3) is 21.8 Å². The van der Waals surface area contributed by atoms with Gasteiger partial charge >= 0.3 is 11.9 Å². The van der Waals surface area contributed by atoms with E-state index in [4.69, 9.17) is 66.2 Å². The first-order valence-corrected chi connectivity index (χ1v) is 21.7. The number of H-pyrrole nitrogens is 2. The number of aliphatic hydroxyl groups is 2. The number of nitrogens with one attached hydrogen (secondary N) is 2. The third-order valence-corrected chi connectivity index (χ3v) is 14.5. The molecule has 10 nitrogen and oxygen atoms in total. The van der Waals surface area contributed by atoms with E-state index in [2.05, 4.69) is 80.7 Å². The molecule has 0 aliphatic carbocycles. The highest BCUT2D eigenvalue weighted by atomic mass is 35.5. The highest BCUT2D eigenvalue weighted by Crippen LogP contribution is 2.49. The van der Waals surface area contributed by atoms with E-state index in [0.29, 0.717) is 44.3 Å². The normalized spacial score (nSPS) is 26.0. The van der Waals surface area contributed by atoms with Crippen LogP contribution in [0, 0.1) is 0 Å². The Morgan fingerprint density at radius 2 is 0.900 bits per heavy atom. The number of hydrogen-bond donors (Lipinski definition) is 6. The summed E-state index contributed by atoms with van der Waals surface area (Å²) in [5.74, 6) is -3.65. The third-order valence-electron chi connectivity index (χ3n) is 13.0. The van der Waals surface area contributed by atoms with Gasteiger partial charge in [-0.1, -0.05) is 94.9 Å². The van der Waals surface area contributed by atoms with Crippen molar-refractivity contribution in [1.29, 1.82) is 0 Å². The van der Waals surface area contributed by atoms with Crippen molar-refractivity contribution in [3.05, 3.63) is 140 Å². The van der Waals surface area contributed by atoms with Crippen molar-refractivity contribution in [2.24, 2.45) is 0 Å². The summed E-state index contributed by atoms with van der Waals surface area (Å²) < 4.78 is 0. The number of aliphatic carboxylic acids is 2. The Morgan fingerprint density at radius 1 is 0.550 bits per heavy atom. The van der Waals surface area contributed by atoms with Crippen molar-refractivity contribution in [2.45, 2.75) is 99.8 Å². The zero-order valence-electron chi connectivity index (χ0n) is 32.6. The molecule has 14 heteroatoms. The van der Waals surface area contributed by atoms with E-state index < -0.39 is 23.1 Å². The highest BCUT2D eigenvalue weighted by molar-refractivity contribution is 6.42. The molecule has 4 aliphatic heterocycles. The van der Waals surface area contributed by atoms with Gasteiger partial charge in [0.2, 0.25) is 0 Å². The lowest BCUT2D eigenvalue weighted by Gasteiger charge is -2.44. The molecule has 6 heterocycles. The number of carboxylic acids is 2. The van der Waals surface area contributed by atoms with Crippen LogP contribution in [-0.2, 0) is 33.9 Å². The fraction of sp³-hybridized carbons (Fsp3) is 0.348. The van der Waals surface area contributed by atoms with Crippen molar-refractivity contribution < 1.29 is 30.0 Å². The number of nitrogens with zero attached hydrogens (tertiary/aromatic N) is 2. The zero-order chi connectivity index (χ0) is 42.3. The zero-order valence-corrected chi connectivity index (χ0v) is 35.7. The van der Waals surface area contributed by atoms with Gasteiger partial charge in [0, 0.05) is 71.5 Å². The van der Waals surface area contributed by atoms with E-state index >= 15 is 0 Å². The molecule has 2 aromatic heterocycles. The Bertz CT molecular complexity index is 2340. The quantitative estimate of drug-likeness (QED) is 0.0904. The number of carboxylic acid groups (broad SMARTS) is 2. The van der Waals surface area contributed by atoms with Gasteiger partial charge in [-0.05, 0) is 110 Å².